The minimum atomic E-state index is -3.69. The normalized spacial score (nSPS) is 24.2. The van der Waals surface area contributed by atoms with Crippen molar-refractivity contribution in [3.8, 4) is 0 Å². The summed E-state index contributed by atoms with van der Waals surface area (Å²) in [5.74, 6) is 0.641. The van der Waals surface area contributed by atoms with Crippen molar-refractivity contribution >= 4 is 15.9 Å². The molecule has 25 heavy (non-hydrogen) atoms. The van der Waals surface area contributed by atoms with Gasteiger partial charge in [-0.3, -0.25) is 9.63 Å². The Bertz CT molecular complexity index is 715. The molecule has 1 aromatic rings. The predicted molar refractivity (Wildman–Crippen MR) is 94.4 cm³/mol. The lowest BCUT2D eigenvalue weighted by molar-refractivity contribution is -0.0258. The van der Waals surface area contributed by atoms with E-state index in [0.717, 1.165) is 23.9 Å². The molecule has 6 nitrogen and oxygen atoms in total. The summed E-state index contributed by atoms with van der Waals surface area (Å²) in [6.45, 7) is 0.798. The second-order valence-electron chi connectivity index (χ2n) is 6.87. The van der Waals surface area contributed by atoms with Crippen LogP contribution in [-0.2, 0) is 14.9 Å². The minimum Gasteiger partial charge on any atom is -0.335 e. The molecule has 1 heterocycles. The average molecular weight is 366 g/mol. The van der Waals surface area contributed by atoms with Gasteiger partial charge in [0.1, 0.15) is 0 Å². The molecule has 2 atom stereocenters. The Morgan fingerprint density at radius 3 is 2.44 bits per heavy atom. The molecule has 0 spiro atoms. The summed E-state index contributed by atoms with van der Waals surface area (Å²) in [7, 11) is -1.05. The first-order valence-electron chi connectivity index (χ1n) is 8.89. The third kappa shape index (κ3) is 3.59. The van der Waals surface area contributed by atoms with Gasteiger partial charge >= 0.3 is 0 Å². The summed E-state index contributed by atoms with van der Waals surface area (Å²) in [6.07, 6.45) is 7.03. The molecule has 1 aliphatic heterocycles. The van der Waals surface area contributed by atoms with Gasteiger partial charge in [-0.25, -0.2) is 8.42 Å². The van der Waals surface area contributed by atoms with Crippen LogP contribution in [-0.4, -0.2) is 50.4 Å². The Balaban J connectivity index is 1.79. The fourth-order valence-corrected chi connectivity index (χ4v) is 5.03. The Hall–Kier alpha value is -1.44. The van der Waals surface area contributed by atoms with E-state index in [0.29, 0.717) is 17.5 Å². The highest BCUT2D eigenvalue weighted by Crippen LogP contribution is 2.36. The van der Waals surface area contributed by atoms with Gasteiger partial charge in [-0.2, -0.15) is 0 Å². The fourth-order valence-electron chi connectivity index (χ4n) is 4.06. The zero-order chi connectivity index (χ0) is 18.0. The van der Waals surface area contributed by atoms with Gasteiger partial charge in [-0.1, -0.05) is 17.3 Å². The highest BCUT2D eigenvalue weighted by molar-refractivity contribution is 7.89. The molecular formula is C18H26N2O4S. The van der Waals surface area contributed by atoms with Gasteiger partial charge in [-0.15, -0.1) is 0 Å². The van der Waals surface area contributed by atoms with Crippen LogP contribution in [0.1, 0.15) is 48.9 Å². The third-order valence-corrected chi connectivity index (χ3v) is 7.19. The number of hydrogen-bond donors (Lipinski definition) is 0. The van der Waals surface area contributed by atoms with Crippen LogP contribution < -0.4 is 0 Å². The average Bonchev–Trinajstić information content (AvgIpc) is 2.66. The number of rotatable bonds is 4. The first-order chi connectivity index (χ1) is 11.9. The van der Waals surface area contributed by atoms with Crippen molar-refractivity contribution in [2.45, 2.75) is 49.5 Å². The maximum atomic E-state index is 12.9. The van der Waals surface area contributed by atoms with Gasteiger partial charge in [0.2, 0.25) is 0 Å². The number of benzene rings is 1. The molecule has 0 aromatic heterocycles. The predicted octanol–water partition coefficient (Wildman–Crippen LogP) is 2.66. The first kappa shape index (κ1) is 18.4. The van der Waals surface area contributed by atoms with E-state index in [-0.39, 0.29) is 10.8 Å². The molecular weight excluding hydrogens is 340 g/mol. The zero-order valence-electron chi connectivity index (χ0n) is 14.8. The maximum Gasteiger partial charge on any atom is 0.264 e. The number of hydroxylamine groups is 1. The number of nitrogens with zero attached hydrogens (tertiary/aromatic N) is 2. The number of piperidine rings is 1. The topological polar surface area (TPSA) is 66.9 Å². The SMILES string of the molecule is CON(C)S(=O)(=O)c1ccc(C(=O)N2CCCC3CCCCC32)cc1. The molecule has 7 heteroatoms. The Labute approximate surface area is 149 Å². The standard InChI is InChI=1S/C18H26N2O4S/c1-19(24-2)25(22,23)16-11-9-15(10-12-16)18(21)20-13-5-7-14-6-3-4-8-17(14)20/h9-12,14,17H,3-8,13H2,1-2H3. The summed E-state index contributed by atoms with van der Waals surface area (Å²) in [6, 6.07) is 6.50. The Kier molecular flexibility index (Phi) is 5.46. The van der Waals surface area contributed by atoms with Crippen LogP contribution in [0.3, 0.4) is 0 Å². The van der Waals surface area contributed by atoms with E-state index in [9.17, 15) is 13.2 Å². The number of hydrogen-bond acceptors (Lipinski definition) is 4. The second-order valence-corrected chi connectivity index (χ2v) is 8.81. The Morgan fingerprint density at radius 1 is 1.12 bits per heavy atom. The molecule has 0 bridgehead atoms. The lowest BCUT2D eigenvalue weighted by atomic mass is 9.78. The van der Waals surface area contributed by atoms with E-state index >= 15 is 0 Å². The van der Waals surface area contributed by atoms with Crippen molar-refractivity contribution in [3.05, 3.63) is 29.8 Å². The second kappa shape index (κ2) is 7.43. The minimum absolute atomic E-state index is 0.0145. The summed E-state index contributed by atoms with van der Waals surface area (Å²) < 4.78 is 25.3. The van der Waals surface area contributed by atoms with E-state index in [1.54, 1.807) is 12.1 Å². The molecule has 2 aliphatic rings. The van der Waals surface area contributed by atoms with Gasteiger partial charge in [0, 0.05) is 25.2 Å². The van der Waals surface area contributed by atoms with Crippen LogP contribution in [0.4, 0.5) is 0 Å². The molecule has 3 rings (SSSR count). The molecule has 1 aliphatic carbocycles. The van der Waals surface area contributed by atoms with Crippen LogP contribution in [0.25, 0.3) is 0 Å². The van der Waals surface area contributed by atoms with Crippen LogP contribution in [0.5, 0.6) is 0 Å². The van der Waals surface area contributed by atoms with Crippen LogP contribution in [0.15, 0.2) is 29.2 Å². The van der Waals surface area contributed by atoms with Crippen molar-refractivity contribution in [2.24, 2.45) is 5.92 Å². The molecule has 1 amide bonds. The maximum absolute atomic E-state index is 12.9. The van der Waals surface area contributed by atoms with E-state index in [1.807, 2.05) is 4.90 Å². The van der Waals surface area contributed by atoms with Crippen molar-refractivity contribution in [2.75, 3.05) is 20.7 Å². The van der Waals surface area contributed by atoms with Crippen LogP contribution >= 0.6 is 0 Å². The van der Waals surface area contributed by atoms with Gasteiger partial charge in [0.15, 0.2) is 0 Å². The van der Waals surface area contributed by atoms with Crippen molar-refractivity contribution in [1.29, 1.82) is 0 Å². The molecule has 1 saturated heterocycles. The molecule has 2 unspecified atom stereocenters. The van der Waals surface area contributed by atoms with Gasteiger partial charge < -0.3 is 4.90 Å². The highest BCUT2D eigenvalue weighted by atomic mass is 32.2. The van der Waals surface area contributed by atoms with E-state index in [4.69, 9.17) is 4.84 Å². The first-order valence-corrected chi connectivity index (χ1v) is 10.3. The lowest BCUT2D eigenvalue weighted by Gasteiger charge is -2.44. The van der Waals surface area contributed by atoms with Gasteiger partial charge in [0.25, 0.3) is 15.9 Å². The van der Waals surface area contributed by atoms with Gasteiger partial charge in [-0.05, 0) is 55.9 Å². The molecule has 2 fully saturated rings. The van der Waals surface area contributed by atoms with Crippen LogP contribution in [0.2, 0.25) is 0 Å². The summed E-state index contributed by atoms with van der Waals surface area (Å²) >= 11 is 0. The largest absolute Gasteiger partial charge is 0.335 e. The zero-order valence-corrected chi connectivity index (χ0v) is 15.7. The van der Waals surface area contributed by atoms with Crippen molar-refractivity contribution < 1.29 is 18.0 Å². The molecule has 0 radical (unpaired) electrons. The summed E-state index contributed by atoms with van der Waals surface area (Å²) in [5.41, 5.74) is 0.547. The highest BCUT2D eigenvalue weighted by Gasteiger charge is 2.36. The van der Waals surface area contributed by atoms with E-state index in [1.165, 1.54) is 52.0 Å². The number of sulfonamides is 1. The number of likely N-dealkylation sites (tertiary alicyclic amines) is 1. The summed E-state index contributed by atoms with van der Waals surface area (Å²) in [4.78, 5) is 19.8. The fraction of sp³-hybridized carbons (Fsp3) is 0.611. The number of amides is 1. The molecule has 1 saturated carbocycles. The number of fused-ring (bicyclic) bond motifs is 1. The Morgan fingerprint density at radius 2 is 1.76 bits per heavy atom. The van der Waals surface area contributed by atoms with Crippen molar-refractivity contribution in [3.63, 3.8) is 0 Å². The smallest absolute Gasteiger partial charge is 0.264 e. The van der Waals surface area contributed by atoms with Gasteiger partial charge in [0.05, 0.1) is 12.0 Å². The van der Waals surface area contributed by atoms with Crippen LogP contribution in [0, 0.1) is 5.92 Å². The molecule has 138 valence electrons. The lowest BCUT2D eigenvalue weighted by Crippen LogP contribution is -2.49. The monoisotopic (exact) mass is 366 g/mol. The van der Waals surface area contributed by atoms with E-state index < -0.39 is 10.0 Å². The molecule has 0 N–H and O–H groups in total. The molecule has 1 aromatic carbocycles. The quantitative estimate of drug-likeness (QED) is 0.769. The van der Waals surface area contributed by atoms with Crippen molar-refractivity contribution in [1.82, 2.24) is 9.37 Å². The third-order valence-electron chi connectivity index (χ3n) is 5.50. The number of carbonyl (C=O) groups is 1. The number of carbonyl (C=O) groups excluding carboxylic acids is 1. The summed E-state index contributed by atoms with van der Waals surface area (Å²) in [5, 5.41) is 0. The van der Waals surface area contributed by atoms with E-state index in [2.05, 4.69) is 0 Å².